The second kappa shape index (κ2) is 4.10. The van der Waals surface area contributed by atoms with E-state index in [9.17, 15) is 0 Å². The van der Waals surface area contributed by atoms with Crippen molar-refractivity contribution < 1.29 is 9.05 Å². The van der Waals surface area contributed by atoms with Crippen LogP contribution < -0.4 is 5.73 Å². The SMILES string of the molecule is Nc1ccon1.c1cnoc1. The molecule has 0 bridgehead atoms. The lowest BCUT2D eigenvalue weighted by molar-refractivity contribution is 0.420. The second-order valence-corrected chi connectivity index (χ2v) is 1.61. The van der Waals surface area contributed by atoms with Crippen molar-refractivity contribution in [2.45, 2.75) is 0 Å². The first-order chi connectivity index (χ1) is 5.39. The van der Waals surface area contributed by atoms with Crippen LogP contribution in [0, 0.1) is 0 Å². The van der Waals surface area contributed by atoms with Gasteiger partial charge in [0.05, 0.1) is 6.20 Å². The molecule has 11 heavy (non-hydrogen) atoms. The predicted octanol–water partition coefficient (Wildman–Crippen LogP) is 0.931. The third kappa shape index (κ3) is 3.04. The van der Waals surface area contributed by atoms with Crippen molar-refractivity contribution >= 4 is 5.82 Å². The monoisotopic (exact) mass is 153 g/mol. The molecular formula is C6H7N3O2. The van der Waals surface area contributed by atoms with Crippen LogP contribution in [0.3, 0.4) is 0 Å². The number of nitrogens with two attached hydrogens (primary N) is 1. The zero-order valence-corrected chi connectivity index (χ0v) is 5.68. The van der Waals surface area contributed by atoms with Crippen LogP contribution in [-0.4, -0.2) is 10.3 Å². The Bertz CT molecular complexity index is 234. The molecule has 0 aromatic carbocycles. The van der Waals surface area contributed by atoms with Crippen LogP contribution in [0.1, 0.15) is 0 Å². The van der Waals surface area contributed by atoms with E-state index in [0.29, 0.717) is 5.82 Å². The van der Waals surface area contributed by atoms with E-state index in [-0.39, 0.29) is 0 Å². The van der Waals surface area contributed by atoms with Crippen LogP contribution in [0.2, 0.25) is 0 Å². The van der Waals surface area contributed by atoms with Gasteiger partial charge < -0.3 is 14.8 Å². The van der Waals surface area contributed by atoms with Crippen molar-refractivity contribution in [1.29, 1.82) is 0 Å². The Morgan fingerprint density at radius 1 is 1.27 bits per heavy atom. The molecule has 0 amide bonds. The molecule has 2 rings (SSSR count). The van der Waals surface area contributed by atoms with Gasteiger partial charge in [-0.05, 0) is 6.07 Å². The van der Waals surface area contributed by atoms with Gasteiger partial charge >= 0.3 is 0 Å². The van der Waals surface area contributed by atoms with Crippen molar-refractivity contribution in [2.24, 2.45) is 0 Å². The zero-order valence-electron chi connectivity index (χ0n) is 5.68. The normalized spacial score (nSPS) is 8.36. The van der Waals surface area contributed by atoms with Crippen LogP contribution in [0.5, 0.6) is 0 Å². The molecule has 5 heteroatoms. The zero-order chi connectivity index (χ0) is 7.94. The van der Waals surface area contributed by atoms with Gasteiger partial charge in [-0.3, -0.25) is 0 Å². The maximum Gasteiger partial charge on any atom is 0.166 e. The van der Waals surface area contributed by atoms with Crippen LogP contribution in [0.4, 0.5) is 5.82 Å². The molecule has 0 radical (unpaired) electrons. The quantitative estimate of drug-likeness (QED) is 0.609. The molecule has 2 aromatic rings. The summed E-state index contributed by atoms with van der Waals surface area (Å²) < 4.78 is 8.67. The summed E-state index contributed by atoms with van der Waals surface area (Å²) in [5, 5.41) is 6.67. The fourth-order valence-corrected chi connectivity index (χ4v) is 0.398. The van der Waals surface area contributed by atoms with Gasteiger partial charge in [0.15, 0.2) is 5.82 Å². The van der Waals surface area contributed by atoms with E-state index in [1.54, 1.807) is 18.3 Å². The number of aromatic nitrogens is 2. The summed E-state index contributed by atoms with van der Waals surface area (Å²) in [5.74, 6) is 0.426. The van der Waals surface area contributed by atoms with Gasteiger partial charge in [0.1, 0.15) is 12.5 Å². The van der Waals surface area contributed by atoms with E-state index in [0.717, 1.165) is 0 Å². The molecule has 5 nitrogen and oxygen atoms in total. The van der Waals surface area contributed by atoms with Gasteiger partial charge in [0.25, 0.3) is 0 Å². The Morgan fingerprint density at radius 2 is 2.18 bits per heavy atom. The first kappa shape index (κ1) is 7.33. The predicted molar refractivity (Wildman–Crippen MR) is 37.4 cm³/mol. The summed E-state index contributed by atoms with van der Waals surface area (Å²) in [6, 6.07) is 3.31. The van der Waals surface area contributed by atoms with Crippen molar-refractivity contribution in [3.63, 3.8) is 0 Å². The van der Waals surface area contributed by atoms with Crippen LogP contribution in [0.15, 0.2) is 39.9 Å². The molecule has 0 spiro atoms. The summed E-state index contributed by atoms with van der Waals surface area (Å²) in [4.78, 5) is 0. The maximum absolute atomic E-state index is 5.07. The van der Waals surface area contributed by atoms with Gasteiger partial charge in [-0.1, -0.05) is 10.3 Å². The van der Waals surface area contributed by atoms with Gasteiger partial charge in [0, 0.05) is 6.07 Å². The summed E-state index contributed by atoms with van der Waals surface area (Å²) in [6.07, 6.45) is 4.52. The third-order valence-corrected chi connectivity index (χ3v) is 0.805. The molecule has 2 aromatic heterocycles. The van der Waals surface area contributed by atoms with E-state index in [1.165, 1.54) is 12.5 Å². The number of rotatable bonds is 0. The fourth-order valence-electron chi connectivity index (χ4n) is 0.398. The number of hydrogen-bond donors (Lipinski definition) is 1. The van der Waals surface area contributed by atoms with Crippen molar-refractivity contribution in [1.82, 2.24) is 10.3 Å². The van der Waals surface area contributed by atoms with E-state index < -0.39 is 0 Å². The third-order valence-electron chi connectivity index (χ3n) is 0.805. The molecule has 0 unspecified atom stereocenters. The number of hydrogen-bond acceptors (Lipinski definition) is 5. The largest absolute Gasteiger partial charge is 0.381 e. The van der Waals surface area contributed by atoms with Crippen LogP contribution in [-0.2, 0) is 0 Å². The minimum absolute atomic E-state index is 0.426. The van der Waals surface area contributed by atoms with E-state index in [4.69, 9.17) is 5.73 Å². The highest BCUT2D eigenvalue weighted by Crippen LogP contribution is 1.90. The van der Waals surface area contributed by atoms with Gasteiger partial charge in [-0.15, -0.1) is 0 Å². The first-order valence-corrected chi connectivity index (χ1v) is 2.90. The standard InChI is InChI=1S/C3H4N2O.C3H3NO/c4-3-1-2-6-5-3;1-2-4-5-3-1/h1-2H,(H2,4,5);1-3H. The number of nitrogen functional groups attached to an aromatic ring is 1. The molecule has 0 fully saturated rings. The highest BCUT2D eigenvalue weighted by molar-refractivity contribution is 5.21. The summed E-state index contributed by atoms with van der Waals surface area (Å²) >= 11 is 0. The topological polar surface area (TPSA) is 78.1 Å². The average Bonchev–Trinajstić information content (AvgIpc) is 2.57. The molecule has 0 atom stereocenters. The van der Waals surface area contributed by atoms with Gasteiger partial charge in [-0.2, -0.15) is 0 Å². The highest BCUT2D eigenvalue weighted by Gasteiger charge is 1.78. The van der Waals surface area contributed by atoms with Crippen molar-refractivity contribution in [2.75, 3.05) is 5.73 Å². The summed E-state index contributed by atoms with van der Waals surface area (Å²) in [5.41, 5.74) is 5.07. The average molecular weight is 153 g/mol. The van der Waals surface area contributed by atoms with E-state index in [2.05, 4.69) is 19.4 Å². The molecule has 0 saturated carbocycles. The first-order valence-electron chi connectivity index (χ1n) is 2.90. The maximum atomic E-state index is 5.07. The molecule has 0 aliphatic carbocycles. The molecule has 0 saturated heterocycles. The van der Waals surface area contributed by atoms with Gasteiger partial charge in [0.2, 0.25) is 0 Å². The Balaban J connectivity index is 0.000000112. The smallest absolute Gasteiger partial charge is 0.166 e. The van der Waals surface area contributed by atoms with Crippen LogP contribution >= 0.6 is 0 Å². The lowest BCUT2D eigenvalue weighted by Crippen LogP contribution is -1.79. The lowest BCUT2D eigenvalue weighted by Gasteiger charge is -1.65. The molecule has 58 valence electrons. The Labute approximate surface area is 62.8 Å². The number of nitrogens with zero attached hydrogens (tertiary/aromatic N) is 2. The summed E-state index contributed by atoms with van der Waals surface area (Å²) in [7, 11) is 0. The summed E-state index contributed by atoms with van der Waals surface area (Å²) in [6.45, 7) is 0. The highest BCUT2D eigenvalue weighted by atomic mass is 16.5. The van der Waals surface area contributed by atoms with E-state index >= 15 is 0 Å². The Morgan fingerprint density at radius 3 is 2.36 bits per heavy atom. The molecule has 2 heterocycles. The van der Waals surface area contributed by atoms with Crippen LogP contribution in [0.25, 0.3) is 0 Å². The molecule has 0 aliphatic heterocycles. The molecule has 0 aliphatic rings. The molecule has 2 N–H and O–H groups in total. The van der Waals surface area contributed by atoms with Crippen molar-refractivity contribution in [3.8, 4) is 0 Å². The number of anilines is 1. The minimum atomic E-state index is 0.426. The molecular weight excluding hydrogens is 146 g/mol. The Kier molecular flexibility index (Phi) is 2.73. The lowest BCUT2D eigenvalue weighted by atomic mass is 10.7. The van der Waals surface area contributed by atoms with E-state index in [1.807, 2.05) is 0 Å². The van der Waals surface area contributed by atoms with Gasteiger partial charge in [-0.25, -0.2) is 0 Å². The Hall–Kier alpha value is -1.78. The van der Waals surface area contributed by atoms with Crippen molar-refractivity contribution in [3.05, 3.63) is 30.9 Å². The minimum Gasteiger partial charge on any atom is -0.381 e. The second-order valence-electron chi connectivity index (χ2n) is 1.61. The fraction of sp³-hybridized carbons (Fsp3) is 0.